The maximum atomic E-state index is 13.3. The lowest BCUT2D eigenvalue weighted by atomic mass is 10.1. The lowest BCUT2D eigenvalue weighted by Crippen LogP contribution is -2.47. The molecular formula is C17H17FN2O3S. The number of benzene rings is 2. The molecule has 0 unspecified atom stereocenters. The monoisotopic (exact) mass is 348 g/mol. The quantitative estimate of drug-likeness (QED) is 0.837. The van der Waals surface area contributed by atoms with Gasteiger partial charge in [-0.3, -0.25) is 4.31 Å². The molecule has 0 bridgehead atoms. The van der Waals surface area contributed by atoms with E-state index >= 15 is 0 Å². The van der Waals surface area contributed by atoms with E-state index in [-0.39, 0.29) is 4.90 Å². The van der Waals surface area contributed by atoms with Crippen LogP contribution in [0.4, 0.5) is 15.8 Å². The number of aryl methyl sites for hydroxylation is 1. The van der Waals surface area contributed by atoms with Crippen molar-refractivity contribution in [2.24, 2.45) is 0 Å². The Morgan fingerprint density at radius 3 is 2.75 bits per heavy atom. The minimum absolute atomic E-state index is 0.131. The summed E-state index contributed by atoms with van der Waals surface area (Å²) >= 11 is 0. The van der Waals surface area contributed by atoms with Crippen molar-refractivity contribution in [1.29, 1.82) is 0 Å². The van der Waals surface area contributed by atoms with Gasteiger partial charge < -0.3 is 9.64 Å². The molecule has 2 heterocycles. The Balaban J connectivity index is 1.85. The van der Waals surface area contributed by atoms with Crippen LogP contribution in [0.15, 0.2) is 41.3 Å². The number of nitrogens with zero attached hydrogens (tertiary/aromatic N) is 2. The molecule has 2 aromatic rings. The highest BCUT2D eigenvalue weighted by molar-refractivity contribution is 7.93. The van der Waals surface area contributed by atoms with Crippen LogP contribution in [0.25, 0.3) is 0 Å². The van der Waals surface area contributed by atoms with Crippen molar-refractivity contribution >= 4 is 21.4 Å². The Labute approximate surface area is 140 Å². The molecule has 0 spiro atoms. The number of sulfonamides is 1. The van der Waals surface area contributed by atoms with Crippen molar-refractivity contribution in [3.8, 4) is 5.75 Å². The average Bonchev–Trinajstić information content (AvgIpc) is 2.55. The maximum Gasteiger partial charge on any atom is 0.264 e. The molecule has 2 aliphatic rings. The van der Waals surface area contributed by atoms with Gasteiger partial charge in [0.15, 0.2) is 0 Å². The van der Waals surface area contributed by atoms with Crippen molar-refractivity contribution in [2.75, 3.05) is 35.4 Å². The van der Waals surface area contributed by atoms with Gasteiger partial charge in [-0.05, 0) is 42.8 Å². The van der Waals surface area contributed by atoms with E-state index in [0.29, 0.717) is 36.7 Å². The fraction of sp³-hybridized carbons (Fsp3) is 0.294. The van der Waals surface area contributed by atoms with Crippen LogP contribution in [-0.4, -0.2) is 34.7 Å². The Hall–Kier alpha value is -2.28. The van der Waals surface area contributed by atoms with Gasteiger partial charge >= 0.3 is 0 Å². The Kier molecular flexibility index (Phi) is 3.42. The highest BCUT2D eigenvalue weighted by Gasteiger charge is 2.35. The minimum Gasteiger partial charge on any atom is -0.489 e. The summed E-state index contributed by atoms with van der Waals surface area (Å²) in [7, 11) is -3.76. The molecule has 5 nitrogen and oxygen atoms in total. The standard InChI is InChI=1S/C17H17FN2O3S/c1-12-11-13(18)5-6-16(12)24(21,22)20-8-7-19-9-10-23-15-4-2-3-14(20)17(15)19/h2-6,11H,7-10H2,1H3. The first-order valence-corrected chi connectivity index (χ1v) is 9.22. The van der Waals surface area contributed by atoms with E-state index in [2.05, 4.69) is 4.90 Å². The third-order valence-electron chi connectivity index (χ3n) is 4.46. The molecule has 0 amide bonds. The third-order valence-corrected chi connectivity index (χ3v) is 6.43. The number of ether oxygens (including phenoxy) is 1. The lowest BCUT2D eigenvalue weighted by Gasteiger charge is -2.41. The zero-order chi connectivity index (χ0) is 16.9. The van der Waals surface area contributed by atoms with Gasteiger partial charge in [-0.25, -0.2) is 12.8 Å². The molecular weight excluding hydrogens is 331 g/mol. The van der Waals surface area contributed by atoms with Gasteiger partial charge in [0.25, 0.3) is 10.0 Å². The molecule has 0 atom stereocenters. The van der Waals surface area contributed by atoms with E-state index in [0.717, 1.165) is 12.2 Å². The minimum atomic E-state index is -3.76. The lowest BCUT2D eigenvalue weighted by molar-refractivity contribution is 0.307. The second-order valence-corrected chi connectivity index (χ2v) is 7.78. The average molecular weight is 348 g/mol. The van der Waals surface area contributed by atoms with Crippen LogP contribution in [0.2, 0.25) is 0 Å². The predicted molar refractivity (Wildman–Crippen MR) is 89.8 cm³/mol. The zero-order valence-electron chi connectivity index (χ0n) is 13.2. The molecule has 4 rings (SSSR count). The number of para-hydroxylation sites is 1. The van der Waals surface area contributed by atoms with Crippen molar-refractivity contribution in [3.05, 3.63) is 47.8 Å². The maximum absolute atomic E-state index is 13.3. The summed E-state index contributed by atoms with van der Waals surface area (Å²) in [6.45, 7) is 3.91. The van der Waals surface area contributed by atoms with E-state index in [4.69, 9.17) is 4.74 Å². The summed E-state index contributed by atoms with van der Waals surface area (Å²) in [5, 5.41) is 0. The first kappa shape index (κ1) is 15.3. The van der Waals surface area contributed by atoms with E-state index in [1.54, 1.807) is 19.1 Å². The van der Waals surface area contributed by atoms with Crippen LogP contribution >= 0.6 is 0 Å². The van der Waals surface area contributed by atoms with Gasteiger partial charge in [0.05, 0.1) is 23.7 Å². The Bertz CT molecular complexity index is 914. The molecule has 0 aliphatic carbocycles. The van der Waals surface area contributed by atoms with Crippen LogP contribution in [0.1, 0.15) is 5.56 Å². The SMILES string of the molecule is Cc1cc(F)ccc1S(=O)(=O)N1CCN2CCOc3cccc1c32. The molecule has 7 heteroatoms. The summed E-state index contributed by atoms with van der Waals surface area (Å²) in [6.07, 6.45) is 0. The Morgan fingerprint density at radius 2 is 1.96 bits per heavy atom. The summed E-state index contributed by atoms with van der Waals surface area (Å²) in [5.41, 5.74) is 1.83. The summed E-state index contributed by atoms with van der Waals surface area (Å²) in [6, 6.07) is 9.19. The van der Waals surface area contributed by atoms with E-state index in [9.17, 15) is 12.8 Å². The van der Waals surface area contributed by atoms with Crippen LogP contribution in [0, 0.1) is 12.7 Å². The molecule has 2 aromatic carbocycles. The fourth-order valence-electron chi connectivity index (χ4n) is 3.35. The fourth-order valence-corrected chi connectivity index (χ4v) is 5.02. The number of hydrogen-bond donors (Lipinski definition) is 0. The second kappa shape index (κ2) is 5.37. The number of anilines is 2. The highest BCUT2D eigenvalue weighted by Crippen LogP contribution is 2.44. The van der Waals surface area contributed by atoms with Crippen molar-refractivity contribution in [3.63, 3.8) is 0 Å². The zero-order valence-corrected chi connectivity index (χ0v) is 14.0. The van der Waals surface area contributed by atoms with Gasteiger partial charge in [0.2, 0.25) is 0 Å². The summed E-state index contributed by atoms with van der Waals surface area (Å²) in [4.78, 5) is 2.28. The smallest absolute Gasteiger partial charge is 0.264 e. The van der Waals surface area contributed by atoms with Crippen LogP contribution in [0.3, 0.4) is 0 Å². The van der Waals surface area contributed by atoms with Gasteiger partial charge in [-0.1, -0.05) is 6.07 Å². The van der Waals surface area contributed by atoms with Gasteiger partial charge in [-0.2, -0.15) is 0 Å². The molecule has 0 saturated carbocycles. The first-order chi connectivity index (χ1) is 11.5. The van der Waals surface area contributed by atoms with Gasteiger partial charge in [0.1, 0.15) is 23.9 Å². The molecule has 24 heavy (non-hydrogen) atoms. The number of halogens is 1. The van der Waals surface area contributed by atoms with Crippen LogP contribution in [0.5, 0.6) is 5.75 Å². The largest absolute Gasteiger partial charge is 0.489 e. The summed E-state index contributed by atoms with van der Waals surface area (Å²) in [5.74, 6) is 0.260. The van der Waals surface area contributed by atoms with Crippen LogP contribution < -0.4 is 13.9 Å². The molecule has 0 saturated heterocycles. The topological polar surface area (TPSA) is 49.9 Å². The predicted octanol–water partition coefficient (Wildman–Crippen LogP) is 2.54. The third kappa shape index (κ3) is 2.23. The molecule has 0 radical (unpaired) electrons. The summed E-state index contributed by atoms with van der Waals surface area (Å²) < 4.78 is 46.7. The highest BCUT2D eigenvalue weighted by atomic mass is 32.2. The second-order valence-electron chi connectivity index (χ2n) is 5.95. The van der Waals surface area contributed by atoms with Gasteiger partial charge in [-0.15, -0.1) is 0 Å². The molecule has 2 aliphatic heterocycles. The van der Waals surface area contributed by atoms with Crippen molar-refractivity contribution in [2.45, 2.75) is 11.8 Å². The molecule has 0 aromatic heterocycles. The number of hydrogen-bond acceptors (Lipinski definition) is 4. The van der Waals surface area contributed by atoms with Crippen LogP contribution in [-0.2, 0) is 10.0 Å². The van der Waals surface area contributed by atoms with Crippen molar-refractivity contribution in [1.82, 2.24) is 0 Å². The van der Waals surface area contributed by atoms with E-state index < -0.39 is 15.8 Å². The molecule has 126 valence electrons. The Morgan fingerprint density at radius 1 is 1.12 bits per heavy atom. The van der Waals surface area contributed by atoms with Gasteiger partial charge in [0, 0.05) is 6.54 Å². The first-order valence-electron chi connectivity index (χ1n) is 7.78. The molecule has 0 N–H and O–H groups in total. The van der Waals surface area contributed by atoms with E-state index in [1.165, 1.54) is 22.5 Å². The normalized spacial score (nSPS) is 16.6. The molecule has 0 fully saturated rings. The number of rotatable bonds is 2. The van der Waals surface area contributed by atoms with E-state index in [1.807, 2.05) is 6.07 Å². The van der Waals surface area contributed by atoms with Crippen molar-refractivity contribution < 1.29 is 17.5 Å².